The number of amides is 1. The highest BCUT2D eigenvalue weighted by atomic mass is 16.1. The van der Waals surface area contributed by atoms with Gasteiger partial charge in [0.15, 0.2) is 0 Å². The summed E-state index contributed by atoms with van der Waals surface area (Å²) in [5.41, 5.74) is 0. The fourth-order valence-electron chi connectivity index (χ4n) is 1.89. The van der Waals surface area contributed by atoms with E-state index in [-0.39, 0.29) is 5.91 Å². The Balaban J connectivity index is 2.01. The normalized spacial score (nSPS) is 21.9. The number of nitrogens with zero attached hydrogens (tertiary/aromatic N) is 1. The van der Waals surface area contributed by atoms with Gasteiger partial charge in [-0.25, -0.2) is 0 Å². The summed E-state index contributed by atoms with van der Waals surface area (Å²) in [7, 11) is 2.13. The molecular formula is C11H23N3O. The number of rotatable bonds is 6. The molecule has 1 saturated heterocycles. The van der Waals surface area contributed by atoms with Crippen LogP contribution in [0.3, 0.4) is 0 Å². The van der Waals surface area contributed by atoms with E-state index in [2.05, 4.69) is 29.5 Å². The van der Waals surface area contributed by atoms with Crippen molar-refractivity contribution in [2.75, 3.05) is 39.8 Å². The van der Waals surface area contributed by atoms with Gasteiger partial charge in [-0.3, -0.25) is 4.79 Å². The van der Waals surface area contributed by atoms with Crippen LogP contribution in [0.4, 0.5) is 0 Å². The van der Waals surface area contributed by atoms with Crippen molar-refractivity contribution < 1.29 is 4.79 Å². The molecule has 0 aromatic carbocycles. The summed E-state index contributed by atoms with van der Waals surface area (Å²) in [6.07, 6.45) is 2.28. The molecule has 1 unspecified atom stereocenters. The second-order valence-corrected chi connectivity index (χ2v) is 4.40. The average molecular weight is 213 g/mol. The summed E-state index contributed by atoms with van der Waals surface area (Å²) in [6.45, 7) is 6.57. The minimum atomic E-state index is 0.123. The Kier molecular flexibility index (Phi) is 5.65. The zero-order valence-corrected chi connectivity index (χ0v) is 9.88. The van der Waals surface area contributed by atoms with Crippen molar-refractivity contribution in [2.24, 2.45) is 5.92 Å². The van der Waals surface area contributed by atoms with E-state index in [9.17, 15) is 4.79 Å². The Hall–Kier alpha value is -0.610. The van der Waals surface area contributed by atoms with Crippen molar-refractivity contribution in [1.29, 1.82) is 0 Å². The number of hydrogen-bond donors (Lipinski definition) is 2. The van der Waals surface area contributed by atoms with Gasteiger partial charge >= 0.3 is 0 Å². The first-order chi connectivity index (χ1) is 7.22. The molecule has 15 heavy (non-hydrogen) atoms. The quantitative estimate of drug-likeness (QED) is 0.613. The Morgan fingerprint density at radius 3 is 2.93 bits per heavy atom. The molecule has 0 spiro atoms. The summed E-state index contributed by atoms with van der Waals surface area (Å²) < 4.78 is 0. The van der Waals surface area contributed by atoms with Crippen LogP contribution in [-0.2, 0) is 4.79 Å². The third-order valence-corrected chi connectivity index (χ3v) is 2.79. The van der Waals surface area contributed by atoms with Crippen LogP contribution < -0.4 is 10.6 Å². The van der Waals surface area contributed by atoms with Crippen LogP contribution >= 0.6 is 0 Å². The summed E-state index contributed by atoms with van der Waals surface area (Å²) in [4.78, 5) is 13.7. The Labute approximate surface area is 92.4 Å². The SMILES string of the molecule is CCCNCC(=O)NCC1CCN(C)C1. The van der Waals surface area contributed by atoms with Gasteiger partial charge in [-0.1, -0.05) is 6.92 Å². The first-order valence-corrected chi connectivity index (χ1v) is 5.88. The predicted molar refractivity (Wildman–Crippen MR) is 61.8 cm³/mol. The lowest BCUT2D eigenvalue weighted by Gasteiger charge is -2.11. The zero-order valence-electron chi connectivity index (χ0n) is 9.88. The molecule has 1 aliphatic rings. The van der Waals surface area contributed by atoms with Gasteiger partial charge < -0.3 is 15.5 Å². The van der Waals surface area contributed by atoms with Gasteiger partial charge in [0.05, 0.1) is 6.54 Å². The molecule has 2 N–H and O–H groups in total. The van der Waals surface area contributed by atoms with Gasteiger partial charge in [-0.05, 0) is 38.9 Å². The maximum atomic E-state index is 11.4. The average Bonchev–Trinajstić information content (AvgIpc) is 2.62. The minimum Gasteiger partial charge on any atom is -0.355 e. The van der Waals surface area contributed by atoms with E-state index in [1.165, 1.54) is 6.42 Å². The number of nitrogens with one attached hydrogen (secondary N) is 2. The van der Waals surface area contributed by atoms with Crippen molar-refractivity contribution in [2.45, 2.75) is 19.8 Å². The molecule has 1 atom stereocenters. The van der Waals surface area contributed by atoms with Crippen molar-refractivity contribution in [1.82, 2.24) is 15.5 Å². The highest BCUT2D eigenvalue weighted by Gasteiger charge is 2.19. The number of carbonyl (C=O) groups is 1. The number of likely N-dealkylation sites (tertiary alicyclic amines) is 1. The molecule has 1 heterocycles. The smallest absolute Gasteiger partial charge is 0.233 e. The second-order valence-electron chi connectivity index (χ2n) is 4.40. The fraction of sp³-hybridized carbons (Fsp3) is 0.909. The molecule has 4 nitrogen and oxygen atoms in total. The molecular weight excluding hydrogens is 190 g/mol. The maximum Gasteiger partial charge on any atom is 0.233 e. The van der Waals surface area contributed by atoms with E-state index in [0.717, 1.165) is 32.6 Å². The van der Waals surface area contributed by atoms with Crippen LogP contribution in [0.1, 0.15) is 19.8 Å². The molecule has 0 radical (unpaired) electrons. The molecule has 0 aromatic rings. The number of hydrogen-bond acceptors (Lipinski definition) is 3. The predicted octanol–water partition coefficient (Wildman–Crippen LogP) is 0.0539. The monoisotopic (exact) mass is 213 g/mol. The van der Waals surface area contributed by atoms with Crippen LogP contribution in [0, 0.1) is 5.92 Å². The van der Waals surface area contributed by atoms with Crippen molar-refractivity contribution >= 4 is 5.91 Å². The zero-order chi connectivity index (χ0) is 11.1. The summed E-state index contributed by atoms with van der Waals surface area (Å²) in [5, 5.41) is 6.07. The molecule has 1 rings (SSSR count). The Bertz CT molecular complexity index is 196. The van der Waals surface area contributed by atoms with Gasteiger partial charge in [0, 0.05) is 13.1 Å². The van der Waals surface area contributed by atoms with E-state index < -0.39 is 0 Å². The summed E-state index contributed by atoms with van der Waals surface area (Å²) in [5.74, 6) is 0.767. The highest BCUT2D eigenvalue weighted by molar-refractivity contribution is 5.77. The van der Waals surface area contributed by atoms with Gasteiger partial charge in [0.2, 0.25) is 5.91 Å². The molecule has 1 amide bonds. The molecule has 0 aromatic heterocycles. The summed E-state index contributed by atoms with van der Waals surface area (Å²) >= 11 is 0. The van der Waals surface area contributed by atoms with Gasteiger partial charge in [0.1, 0.15) is 0 Å². The fourth-order valence-corrected chi connectivity index (χ4v) is 1.89. The third-order valence-electron chi connectivity index (χ3n) is 2.79. The van der Waals surface area contributed by atoms with E-state index in [4.69, 9.17) is 0 Å². The lowest BCUT2D eigenvalue weighted by molar-refractivity contribution is -0.120. The molecule has 0 saturated carbocycles. The largest absolute Gasteiger partial charge is 0.355 e. The number of carbonyl (C=O) groups excluding carboxylic acids is 1. The van der Waals surface area contributed by atoms with Gasteiger partial charge in [-0.2, -0.15) is 0 Å². The molecule has 0 aliphatic carbocycles. The summed E-state index contributed by atoms with van der Waals surface area (Å²) in [6, 6.07) is 0. The van der Waals surface area contributed by atoms with Gasteiger partial charge in [0.25, 0.3) is 0 Å². The van der Waals surface area contributed by atoms with E-state index in [1.807, 2.05) is 0 Å². The molecule has 0 bridgehead atoms. The standard InChI is InChI=1S/C11H23N3O/c1-3-5-12-8-11(15)13-7-10-4-6-14(2)9-10/h10,12H,3-9H2,1-2H3,(H,13,15). The van der Waals surface area contributed by atoms with Crippen LogP contribution in [0.2, 0.25) is 0 Å². The third kappa shape index (κ3) is 5.14. The lowest BCUT2D eigenvalue weighted by Crippen LogP contribution is -2.37. The molecule has 88 valence electrons. The minimum absolute atomic E-state index is 0.123. The van der Waals surface area contributed by atoms with Crippen molar-refractivity contribution in [3.63, 3.8) is 0 Å². The first kappa shape index (κ1) is 12.5. The van der Waals surface area contributed by atoms with E-state index in [1.54, 1.807) is 0 Å². The van der Waals surface area contributed by atoms with Crippen molar-refractivity contribution in [3.05, 3.63) is 0 Å². The first-order valence-electron chi connectivity index (χ1n) is 5.88. The van der Waals surface area contributed by atoms with Gasteiger partial charge in [-0.15, -0.1) is 0 Å². The molecule has 1 fully saturated rings. The topological polar surface area (TPSA) is 44.4 Å². The van der Waals surface area contributed by atoms with Crippen LogP contribution in [0.15, 0.2) is 0 Å². The Morgan fingerprint density at radius 2 is 2.33 bits per heavy atom. The van der Waals surface area contributed by atoms with E-state index in [0.29, 0.717) is 12.5 Å². The Morgan fingerprint density at radius 1 is 1.53 bits per heavy atom. The van der Waals surface area contributed by atoms with E-state index >= 15 is 0 Å². The molecule has 1 aliphatic heterocycles. The van der Waals surface area contributed by atoms with Crippen molar-refractivity contribution in [3.8, 4) is 0 Å². The van der Waals surface area contributed by atoms with Crippen LogP contribution in [0.25, 0.3) is 0 Å². The highest BCUT2D eigenvalue weighted by Crippen LogP contribution is 2.12. The van der Waals surface area contributed by atoms with Crippen LogP contribution in [-0.4, -0.2) is 50.6 Å². The second kappa shape index (κ2) is 6.80. The lowest BCUT2D eigenvalue weighted by atomic mass is 10.1. The molecule has 4 heteroatoms. The maximum absolute atomic E-state index is 11.4. The van der Waals surface area contributed by atoms with Crippen LogP contribution in [0.5, 0.6) is 0 Å².